The van der Waals surface area contributed by atoms with Crippen LogP contribution in [0.1, 0.15) is 15.9 Å². The standard InChI is InChI=1S/C21H23N3O5S2/c1-23(9-8-14-4-7-17(28-2)18(12-14)29-3)20(25)15-5-6-16-19(13-15)30-21-22-31(26,27)11-10-24(16)21/h4-7,12-13H,8-11H2,1-3H3. The van der Waals surface area contributed by atoms with Crippen molar-refractivity contribution in [2.45, 2.75) is 11.3 Å². The fraction of sp³-hybridized carbons (Fsp3) is 0.333. The zero-order valence-corrected chi connectivity index (χ0v) is 19.1. The average Bonchev–Trinajstić information content (AvgIpc) is 3.11. The molecule has 0 saturated carbocycles. The monoisotopic (exact) mass is 461 g/mol. The molecule has 2 aliphatic rings. The molecule has 8 nitrogen and oxygen atoms in total. The smallest absolute Gasteiger partial charge is 0.257 e. The summed E-state index contributed by atoms with van der Waals surface area (Å²) in [6.45, 7) is 0.912. The second-order valence-corrected chi connectivity index (χ2v) is 10.0. The van der Waals surface area contributed by atoms with E-state index in [1.165, 1.54) is 11.8 Å². The molecular formula is C21H23N3O5S2. The predicted molar refractivity (Wildman–Crippen MR) is 121 cm³/mol. The van der Waals surface area contributed by atoms with Gasteiger partial charge in [-0.3, -0.25) is 4.79 Å². The van der Waals surface area contributed by atoms with Gasteiger partial charge in [0.1, 0.15) is 0 Å². The number of nitrogens with zero attached hydrogens (tertiary/aromatic N) is 3. The third-order valence-electron chi connectivity index (χ3n) is 5.25. The summed E-state index contributed by atoms with van der Waals surface area (Å²) in [6.07, 6.45) is 0.671. The third kappa shape index (κ3) is 4.35. The zero-order valence-electron chi connectivity index (χ0n) is 17.5. The molecule has 0 N–H and O–H groups in total. The lowest BCUT2D eigenvalue weighted by Crippen LogP contribution is -2.35. The lowest BCUT2D eigenvalue weighted by atomic mass is 10.1. The van der Waals surface area contributed by atoms with Gasteiger partial charge in [0.2, 0.25) is 0 Å². The Morgan fingerprint density at radius 3 is 2.68 bits per heavy atom. The molecule has 10 heteroatoms. The molecule has 0 aliphatic carbocycles. The predicted octanol–water partition coefficient (Wildman–Crippen LogP) is 2.63. The number of hydrogen-bond donors (Lipinski definition) is 0. The summed E-state index contributed by atoms with van der Waals surface area (Å²) in [4.78, 5) is 17.3. The van der Waals surface area contributed by atoms with Crippen molar-refractivity contribution in [3.8, 4) is 11.5 Å². The van der Waals surface area contributed by atoms with Crippen LogP contribution < -0.4 is 14.4 Å². The van der Waals surface area contributed by atoms with Crippen molar-refractivity contribution in [3.63, 3.8) is 0 Å². The summed E-state index contributed by atoms with van der Waals surface area (Å²) in [5.74, 6) is 1.23. The maximum absolute atomic E-state index is 12.9. The number of fused-ring (bicyclic) bond motifs is 3. The Labute approximate surface area is 185 Å². The van der Waals surface area contributed by atoms with E-state index >= 15 is 0 Å². The fourth-order valence-corrected chi connectivity index (χ4v) is 5.81. The highest BCUT2D eigenvalue weighted by molar-refractivity contribution is 8.15. The van der Waals surface area contributed by atoms with E-state index in [0.29, 0.717) is 41.7 Å². The van der Waals surface area contributed by atoms with Crippen LogP contribution in [0.3, 0.4) is 0 Å². The molecule has 2 heterocycles. The maximum atomic E-state index is 12.9. The van der Waals surface area contributed by atoms with Gasteiger partial charge in [0.05, 0.1) is 25.7 Å². The van der Waals surface area contributed by atoms with Crippen molar-refractivity contribution in [2.75, 3.05) is 45.0 Å². The number of benzene rings is 2. The van der Waals surface area contributed by atoms with Crippen molar-refractivity contribution < 1.29 is 22.7 Å². The van der Waals surface area contributed by atoms with E-state index in [4.69, 9.17) is 9.47 Å². The van der Waals surface area contributed by atoms with Crippen molar-refractivity contribution >= 4 is 38.5 Å². The molecular weight excluding hydrogens is 438 g/mol. The van der Waals surface area contributed by atoms with Gasteiger partial charge < -0.3 is 19.3 Å². The lowest BCUT2D eigenvalue weighted by molar-refractivity contribution is 0.0796. The summed E-state index contributed by atoms with van der Waals surface area (Å²) in [5, 5.41) is 0.452. The van der Waals surface area contributed by atoms with Gasteiger partial charge in [-0.05, 0) is 54.1 Å². The van der Waals surface area contributed by atoms with Gasteiger partial charge in [-0.15, -0.1) is 4.40 Å². The topological polar surface area (TPSA) is 88.5 Å². The first kappa shape index (κ1) is 21.5. The van der Waals surface area contributed by atoms with Crippen LogP contribution in [0.15, 0.2) is 45.7 Å². The minimum absolute atomic E-state index is 0.00390. The first-order valence-electron chi connectivity index (χ1n) is 9.70. The van der Waals surface area contributed by atoms with E-state index in [0.717, 1.165) is 16.1 Å². The molecule has 4 rings (SSSR count). The number of carbonyl (C=O) groups excluding carboxylic acids is 1. The van der Waals surface area contributed by atoms with Crippen molar-refractivity contribution in [1.29, 1.82) is 0 Å². The Hall–Kier alpha value is -2.72. The SMILES string of the molecule is COc1ccc(CCN(C)C(=O)c2ccc3c(c2)SC2=NS(=O)(=O)CCN23)cc1OC. The highest BCUT2D eigenvalue weighted by atomic mass is 32.2. The Morgan fingerprint density at radius 2 is 1.94 bits per heavy atom. The highest BCUT2D eigenvalue weighted by Gasteiger charge is 2.33. The quantitative estimate of drug-likeness (QED) is 0.653. The van der Waals surface area contributed by atoms with Crippen molar-refractivity contribution in [2.24, 2.45) is 4.40 Å². The summed E-state index contributed by atoms with van der Waals surface area (Å²) >= 11 is 1.28. The number of ether oxygens (including phenoxy) is 2. The number of amides is 1. The van der Waals surface area contributed by atoms with Gasteiger partial charge >= 0.3 is 0 Å². The molecule has 2 aromatic carbocycles. The first-order valence-corrected chi connectivity index (χ1v) is 12.1. The molecule has 0 bridgehead atoms. The minimum Gasteiger partial charge on any atom is -0.493 e. The van der Waals surface area contributed by atoms with Crippen LogP contribution >= 0.6 is 11.8 Å². The number of sulfonamides is 1. The highest BCUT2D eigenvalue weighted by Crippen LogP contribution is 2.42. The molecule has 0 radical (unpaired) electrons. The van der Waals surface area contributed by atoms with E-state index in [2.05, 4.69) is 4.40 Å². The van der Waals surface area contributed by atoms with E-state index in [1.54, 1.807) is 32.2 Å². The number of carbonyl (C=O) groups is 1. The van der Waals surface area contributed by atoms with Crippen LogP contribution in [0.5, 0.6) is 11.5 Å². The van der Waals surface area contributed by atoms with Gasteiger partial charge in [-0.25, -0.2) is 8.42 Å². The molecule has 2 aliphatic heterocycles. The number of methoxy groups -OCH3 is 2. The van der Waals surface area contributed by atoms with Crippen molar-refractivity contribution in [3.05, 3.63) is 47.5 Å². The number of rotatable bonds is 6. The van der Waals surface area contributed by atoms with Crippen molar-refractivity contribution in [1.82, 2.24) is 4.90 Å². The third-order valence-corrected chi connectivity index (χ3v) is 7.56. The number of amidine groups is 1. The second-order valence-electron chi connectivity index (χ2n) is 7.26. The molecule has 2 aromatic rings. The van der Waals surface area contributed by atoms with Gasteiger partial charge in [0.25, 0.3) is 15.9 Å². The van der Waals surface area contributed by atoms with Gasteiger partial charge in [-0.1, -0.05) is 6.07 Å². The van der Waals surface area contributed by atoms with E-state index < -0.39 is 10.0 Å². The zero-order chi connectivity index (χ0) is 22.2. The molecule has 0 unspecified atom stereocenters. The van der Waals surface area contributed by atoms with E-state index in [9.17, 15) is 13.2 Å². The van der Waals surface area contributed by atoms with Crippen LogP contribution in [0.2, 0.25) is 0 Å². The molecule has 0 spiro atoms. The van der Waals surface area contributed by atoms with E-state index in [-0.39, 0.29) is 11.7 Å². The molecule has 0 atom stereocenters. The Morgan fingerprint density at radius 1 is 1.16 bits per heavy atom. The Bertz CT molecular complexity index is 1160. The van der Waals surface area contributed by atoms with Crippen LogP contribution in [0.4, 0.5) is 5.69 Å². The number of anilines is 1. The van der Waals surface area contributed by atoms with Gasteiger partial charge in [-0.2, -0.15) is 0 Å². The number of likely N-dealkylation sites (N-methyl/N-ethyl adjacent to an activating group) is 1. The first-order chi connectivity index (χ1) is 14.8. The summed E-state index contributed by atoms with van der Waals surface area (Å²) in [7, 11) is 1.55. The van der Waals surface area contributed by atoms with Crippen LogP contribution in [-0.4, -0.2) is 64.5 Å². The Kier molecular flexibility index (Phi) is 5.85. The van der Waals surface area contributed by atoms with Gasteiger partial charge in [0, 0.05) is 30.6 Å². The van der Waals surface area contributed by atoms with E-state index in [1.807, 2.05) is 35.2 Å². The van der Waals surface area contributed by atoms with Crippen LogP contribution in [0, 0.1) is 0 Å². The van der Waals surface area contributed by atoms with Crippen LogP contribution in [0.25, 0.3) is 0 Å². The second kappa shape index (κ2) is 8.43. The molecule has 164 valence electrons. The molecule has 0 fully saturated rings. The summed E-state index contributed by atoms with van der Waals surface area (Å²) in [5.41, 5.74) is 2.49. The summed E-state index contributed by atoms with van der Waals surface area (Å²) in [6, 6.07) is 11.2. The minimum atomic E-state index is -3.40. The number of hydrogen-bond acceptors (Lipinski definition) is 7. The lowest BCUT2D eigenvalue weighted by Gasteiger charge is -2.22. The molecule has 1 amide bonds. The van der Waals surface area contributed by atoms with Gasteiger partial charge in [0.15, 0.2) is 16.7 Å². The fourth-order valence-electron chi connectivity index (χ4n) is 3.52. The largest absolute Gasteiger partial charge is 0.493 e. The summed E-state index contributed by atoms with van der Waals surface area (Å²) < 4.78 is 38.0. The maximum Gasteiger partial charge on any atom is 0.257 e. The molecule has 31 heavy (non-hydrogen) atoms. The number of thioether (sulfide) groups is 1. The Balaban J connectivity index is 1.45. The molecule has 0 saturated heterocycles. The van der Waals surface area contributed by atoms with Crippen LogP contribution in [-0.2, 0) is 16.4 Å². The molecule has 0 aromatic heterocycles. The average molecular weight is 462 g/mol. The normalized spacial score (nSPS) is 16.2.